The van der Waals surface area contributed by atoms with Crippen molar-refractivity contribution in [1.82, 2.24) is 5.32 Å². The van der Waals surface area contributed by atoms with Gasteiger partial charge in [-0.2, -0.15) is 0 Å². The number of carbonyl (C=O) groups excluding carboxylic acids is 1. The molecule has 6 heteroatoms. The zero-order valence-corrected chi connectivity index (χ0v) is 17.1. The van der Waals surface area contributed by atoms with Gasteiger partial charge in [-0.3, -0.25) is 10.1 Å². The van der Waals surface area contributed by atoms with Crippen LogP contribution in [0.5, 0.6) is 11.5 Å². The van der Waals surface area contributed by atoms with Crippen molar-refractivity contribution in [3.05, 3.63) is 66.2 Å². The first-order valence-electron chi connectivity index (χ1n) is 9.20. The molecule has 0 bridgehead atoms. The van der Waals surface area contributed by atoms with Crippen LogP contribution in [0.1, 0.15) is 37.0 Å². The van der Waals surface area contributed by atoms with Gasteiger partial charge < -0.3 is 14.8 Å². The predicted octanol–water partition coefficient (Wildman–Crippen LogP) is 4.95. The van der Waals surface area contributed by atoms with Crippen LogP contribution in [-0.2, 0) is 0 Å². The molecule has 0 aliphatic carbocycles. The van der Waals surface area contributed by atoms with E-state index in [9.17, 15) is 4.79 Å². The average Bonchev–Trinajstić information content (AvgIpc) is 2.68. The lowest BCUT2D eigenvalue weighted by molar-refractivity contribution is 0.0977. The Balaban J connectivity index is 1.83. The summed E-state index contributed by atoms with van der Waals surface area (Å²) in [5.41, 5.74) is 2.22. The molecular formula is C22H26N2O3S. The fourth-order valence-electron chi connectivity index (χ4n) is 2.22. The lowest BCUT2D eigenvalue weighted by atomic mass is 10.2. The molecule has 2 aromatic carbocycles. The van der Waals surface area contributed by atoms with Crippen LogP contribution in [0.2, 0.25) is 0 Å². The van der Waals surface area contributed by atoms with Crippen LogP contribution in [-0.4, -0.2) is 24.2 Å². The topological polar surface area (TPSA) is 59.6 Å². The molecule has 0 aliphatic rings. The Morgan fingerprint density at radius 3 is 2.25 bits per heavy atom. The number of unbranched alkanes of at least 4 members (excludes halogenated alkanes) is 1. The summed E-state index contributed by atoms with van der Waals surface area (Å²) in [5.74, 6) is 1.21. The summed E-state index contributed by atoms with van der Waals surface area (Å²) in [5, 5.41) is 5.88. The molecule has 28 heavy (non-hydrogen) atoms. The molecule has 0 aromatic heterocycles. The number of nitrogens with one attached hydrogen (secondary N) is 2. The van der Waals surface area contributed by atoms with E-state index >= 15 is 0 Å². The molecule has 2 aromatic rings. The van der Waals surface area contributed by atoms with E-state index in [1.54, 1.807) is 24.3 Å². The van der Waals surface area contributed by atoms with Crippen LogP contribution in [0.25, 0.3) is 0 Å². The molecular weight excluding hydrogens is 372 g/mol. The van der Waals surface area contributed by atoms with Crippen molar-refractivity contribution in [1.29, 1.82) is 0 Å². The van der Waals surface area contributed by atoms with Gasteiger partial charge in [-0.25, -0.2) is 0 Å². The zero-order chi connectivity index (χ0) is 20.4. The van der Waals surface area contributed by atoms with Gasteiger partial charge >= 0.3 is 0 Å². The van der Waals surface area contributed by atoms with Crippen LogP contribution in [0.3, 0.4) is 0 Å². The first kappa shape index (κ1) is 21.4. The Kier molecular flexibility index (Phi) is 8.49. The molecule has 0 aliphatic heterocycles. The Morgan fingerprint density at radius 1 is 1.04 bits per heavy atom. The third kappa shape index (κ3) is 7.40. The first-order chi connectivity index (χ1) is 13.5. The quantitative estimate of drug-likeness (QED) is 0.356. The molecule has 0 atom stereocenters. The van der Waals surface area contributed by atoms with Gasteiger partial charge in [0.25, 0.3) is 5.91 Å². The monoisotopic (exact) mass is 398 g/mol. The molecule has 2 N–H and O–H groups in total. The summed E-state index contributed by atoms with van der Waals surface area (Å²) in [6.07, 6.45) is 2.08. The predicted molar refractivity (Wildman–Crippen MR) is 117 cm³/mol. The number of ether oxygens (including phenoxy) is 2. The number of carbonyl (C=O) groups is 1. The van der Waals surface area contributed by atoms with E-state index in [4.69, 9.17) is 21.7 Å². The van der Waals surface area contributed by atoms with Crippen molar-refractivity contribution in [2.75, 3.05) is 18.5 Å². The molecule has 148 valence electrons. The van der Waals surface area contributed by atoms with Crippen LogP contribution in [0.15, 0.2) is 60.7 Å². The Hall–Kier alpha value is -2.86. The largest absolute Gasteiger partial charge is 0.494 e. The first-order valence-corrected chi connectivity index (χ1v) is 9.61. The molecule has 0 saturated heterocycles. The second kappa shape index (κ2) is 11.1. The van der Waals surface area contributed by atoms with Crippen molar-refractivity contribution >= 4 is 28.9 Å². The number of benzene rings is 2. The van der Waals surface area contributed by atoms with Gasteiger partial charge in [-0.05, 0) is 79.7 Å². The lowest BCUT2D eigenvalue weighted by Gasteiger charge is -2.11. The number of rotatable bonds is 9. The zero-order valence-electron chi connectivity index (χ0n) is 16.3. The molecule has 0 heterocycles. The third-order valence-corrected chi connectivity index (χ3v) is 3.91. The number of anilines is 1. The van der Waals surface area contributed by atoms with Gasteiger partial charge in [0.1, 0.15) is 18.1 Å². The van der Waals surface area contributed by atoms with E-state index < -0.39 is 0 Å². The van der Waals surface area contributed by atoms with E-state index in [1.807, 2.05) is 31.2 Å². The van der Waals surface area contributed by atoms with Crippen molar-refractivity contribution in [3.8, 4) is 11.5 Å². The van der Waals surface area contributed by atoms with Crippen molar-refractivity contribution < 1.29 is 14.3 Å². The number of hydrogen-bond donors (Lipinski definition) is 2. The summed E-state index contributed by atoms with van der Waals surface area (Å²) >= 11 is 5.22. The molecule has 0 spiro atoms. The van der Waals surface area contributed by atoms with Gasteiger partial charge in [0.2, 0.25) is 0 Å². The smallest absolute Gasteiger partial charge is 0.257 e. The van der Waals surface area contributed by atoms with Gasteiger partial charge in [0, 0.05) is 11.3 Å². The summed E-state index contributed by atoms with van der Waals surface area (Å²) in [4.78, 5) is 12.3. The summed E-state index contributed by atoms with van der Waals surface area (Å²) < 4.78 is 11.1. The normalized spacial score (nSPS) is 10.1. The standard InChI is InChI=1S/C22H26N2O3S/c1-4-5-14-26-19-10-6-17(7-11-19)21(25)24-22(28)23-18-8-12-20(13-9-18)27-15-16(2)3/h6-13H,2,4-5,14-15H2,1,3H3,(H2,23,24,25,28). The van der Waals surface area contributed by atoms with Crippen LogP contribution < -0.4 is 20.1 Å². The molecule has 0 fully saturated rings. The van der Waals surface area contributed by atoms with Gasteiger partial charge in [-0.1, -0.05) is 19.9 Å². The minimum Gasteiger partial charge on any atom is -0.494 e. The lowest BCUT2D eigenvalue weighted by Crippen LogP contribution is -2.34. The van der Waals surface area contributed by atoms with E-state index in [-0.39, 0.29) is 11.0 Å². The second-order valence-electron chi connectivity index (χ2n) is 6.40. The highest BCUT2D eigenvalue weighted by atomic mass is 32.1. The van der Waals surface area contributed by atoms with Crippen molar-refractivity contribution in [3.63, 3.8) is 0 Å². The van der Waals surface area contributed by atoms with Crippen LogP contribution in [0.4, 0.5) is 5.69 Å². The van der Waals surface area contributed by atoms with E-state index in [1.165, 1.54) is 0 Å². The minimum atomic E-state index is -0.279. The fourth-order valence-corrected chi connectivity index (χ4v) is 2.43. The van der Waals surface area contributed by atoms with Crippen LogP contribution >= 0.6 is 12.2 Å². The SMILES string of the molecule is C=C(C)COc1ccc(NC(=S)NC(=O)c2ccc(OCCCC)cc2)cc1. The molecule has 2 rings (SSSR count). The van der Waals surface area contributed by atoms with E-state index in [2.05, 4.69) is 24.1 Å². The highest BCUT2D eigenvalue weighted by molar-refractivity contribution is 7.80. The summed E-state index contributed by atoms with van der Waals surface area (Å²) in [6.45, 7) is 8.97. The van der Waals surface area contributed by atoms with Gasteiger partial charge in [0.05, 0.1) is 6.61 Å². The minimum absolute atomic E-state index is 0.226. The van der Waals surface area contributed by atoms with Gasteiger partial charge in [0.15, 0.2) is 5.11 Å². The van der Waals surface area contributed by atoms with Crippen LogP contribution in [0, 0.1) is 0 Å². The van der Waals surface area contributed by atoms with E-state index in [0.717, 1.165) is 35.6 Å². The maximum absolute atomic E-state index is 12.3. The maximum Gasteiger partial charge on any atom is 0.257 e. The maximum atomic E-state index is 12.3. The van der Waals surface area contributed by atoms with Gasteiger partial charge in [-0.15, -0.1) is 0 Å². The molecule has 0 radical (unpaired) electrons. The molecule has 1 amide bonds. The molecule has 5 nitrogen and oxygen atoms in total. The fraction of sp³-hybridized carbons (Fsp3) is 0.273. The number of hydrogen-bond acceptors (Lipinski definition) is 4. The molecule has 0 unspecified atom stereocenters. The Bertz CT molecular complexity index is 802. The summed E-state index contributed by atoms with van der Waals surface area (Å²) in [7, 11) is 0. The number of amides is 1. The summed E-state index contributed by atoms with van der Waals surface area (Å²) in [6, 6.07) is 14.3. The highest BCUT2D eigenvalue weighted by Crippen LogP contribution is 2.16. The molecule has 0 saturated carbocycles. The Labute approximate surface area is 171 Å². The average molecular weight is 399 g/mol. The Morgan fingerprint density at radius 2 is 1.64 bits per heavy atom. The van der Waals surface area contributed by atoms with Crippen molar-refractivity contribution in [2.45, 2.75) is 26.7 Å². The van der Waals surface area contributed by atoms with Crippen molar-refractivity contribution in [2.24, 2.45) is 0 Å². The van der Waals surface area contributed by atoms with E-state index in [0.29, 0.717) is 18.8 Å². The second-order valence-corrected chi connectivity index (χ2v) is 6.81. The third-order valence-electron chi connectivity index (χ3n) is 3.71. The highest BCUT2D eigenvalue weighted by Gasteiger charge is 2.08. The number of thiocarbonyl (C=S) groups is 1.